The molecule has 5 aromatic rings. The number of nitrogen functional groups attached to an aromatic ring is 1. The fraction of sp³-hybridized carbons (Fsp3) is 0.400. The quantitative estimate of drug-likeness (QED) is 0.0580. The Kier molecular flexibility index (Phi) is 11.0. The van der Waals surface area contributed by atoms with Gasteiger partial charge in [-0.15, -0.1) is 0 Å². The van der Waals surface area contributed by atoms with Crippen LogP contribution in [0.2, 0.25) is 0 Å². The van der Waals surface area contributed by atoms with Crippen molar-refractivity contribution in [3.63, 3.8) is 0 Å². The van der Waals surface area contributed by atoms with Crippen LogP contribution in [-0.2, 0) is 35.7 Å². The second-order valence-corrected chi connectivity index (χ2v) is 13.7. The van der Waals surface area contributed by atoms with Gasteiger partial charge >= 0.3 is 13.7 Å². The summed E-state index contributed by atoms with van der Waals surface area (Å²) in [5, 5.41) is 17.9. The van der Waals surface area contributed by atoms with Crippen LogP contribution in [-0.4, -0.2) is 51.5 Å². The van der Waals surface area contributed by atoms with Crippen molar-refractivity contribution in [3.8, 4) is 5.75 Å². The number of nitrogens with zero attached hydrogens (tertiary/aromatic N) is 3. The van der Waals surface area contributed by atoms with E-state index in [1.54, 1.807) is 16.7 Å². The number of nitrogens with one attached hydrogen (secondary N) is 1. The number of carbonyl (C=O) groups excluding carboxylic acids is 1. The number of hydrogen-bond donors (Lipinski definition) is 3. The normalized spacial score (nSPS) is 15.1. The van der Waals surface area contributed by atoms with E-state index in [1.807, 2.05) is 82.3 Å². The van der Waals surface area contributed by atoms with Crippen molar-refractivity contribution in [1.82, 2.24) is 19.6 Å². The minimum absolute atomic E-state index is 0.0537. The number of unbranched alkanes of at least 4 members (excludes halogenated alkanes) is 1. The molecular formula is C35H44N5O7P. The van der Waals surface area contributed by atoms with Crippen LogP contribution in [0.1, 0.15) is 53.3 Å². The zero-order chi connectivity index (χ0) is 34.5. The van der Waals surface area contributed by atoms with Crippen LogP contribution >= 0.6 is 7.75 Å². The molecule has 2 heterocycles. The summed E-state index contributed by atoms with van der Waals surface area (Å²) < 4.78 is 39.6. The van der Waals surface area contributed by atoms with Crippen molar-refractivity contribution in [3.05, 3.63) is 72.6 Å². The lowest BCUT2D eigenvalue weighted by atomic mass is 9.99. The lowest BCUT2D eigenvalue weighted by molar-refractivity contribution is -0.145. The zero-order valence-corrected chi connectivity index (χ0v) is 28.9. The second-order valence-electron chi connectivity index (χ2n) is 12.0. The minimum atomic E-state index is -4.37. The third-order valence-corrected chi connectivity index (χ3v) is 9.80. The van der Waals surface area contributed by atoms with Crippen molar-refractivity contribution in [1.29, 1.82) is 0 Å². The van der Waals surface area contributed by atoms with Gasteiger partial charge in [0, 0.05) is 17.9 Å². The smallest absolute Gasteiger partial charge is 0.459 e. The molecule has 12 nitrogen and oxygen atoms in total. The fourth-order valence-electron chi connectivity index (χ4n) is 5.41. The molecule has 0 unspecified atom stereocenters. The third-order valence-electron chi connectivity index (χ3n) is 8.18. The molecule has 0 aliphatic carbocycles. The number of benzene rings is 3. The molecule has 256 valence electrons. The van der Waals surface area contributed by atoms with E-state index in [1.165, 1.54) is 6.92 Å². The maximum Gasteiger partial charge on any atom is 0.459 e. The predicted molar refractivity (Wildman–Crippen MR) is 186 cm³/mol. The largest absolute Gasteiger partial charge is 0.465 e. The minimum Gasteiger partial charge on any atom is -0.465 e. The first kappa shape index (κ1) is 35.3. The summed E-state index contributed by atoms with van der Waals surface area (Å²) in [4.78, 5) is 22.1. The van der Waals surface area contributed by atoms with E-state index in [2.05, 4.69) is 10.1 Å². The molecule has 0 fully saturated rings. The first-order valence-electron chi connectivity index (χ1n) is 16.2. The molecule has 5 rings (SSSR count). The Morgan fingerprint density at radius 3 is 2.50 bits per heavy atom. The molecule has 0 aliphatic rings. The van der Waals surface area contributed by atoms with Crippen LogP contribution in [0.5, 0.6) is 5.75 Å². The first-order valence-corrected chi connectivity index (χ1v) is 17.8. The Balaban J connectivity index is 1.57. The molecule has 0 spiro atoms. The van der Waals surface area contributed by atoms with Crippen LogP contribution in [0.4, 0.5) is 5.82 Å². The summed E-state index contributed by atoms with van der Waals surface area (Å²) >= 11 is 0. The van der Waals surface area contributed by atoms with E-state index in [0.717, 1.165) is 17.2 Å². The number of para-hydroxylation sites is 1. The van der Waals surface area contributed by atoms with E-state index >= 15 is 0 Å². The number of imidazole rings is 1. The molecule has 4 N–H and O–H groups in total. The molecule has 0 radical (unpaired) electrons. The molecule has 0 bridgehead atoms. The maximum atomic E-state index is 14.6. The molecule has 0 saturated heterocycles. The molecule has 0 aliphatic heterocycles. The van der Waals surface area contributed by atoms with Crippen molar-refractivity contribution in [2.45, 2.75) is 65.8 Å². The van der Waals surface area contributed by atoms with Gasteiger partial charge in [-0.3, -0.25) is 13.9 Å². The highest BCUT2D eigenvalue weighted by molar-refractivity contribution is 7.52. The van der Waals surface area contributed by atoms with Crippen molar-refractivity contribution in [2.24, 2.45) is 5.92 Å². The van der Waals surface area contributed by atoms with Gasteiger partial charge in [0.25, 0.3) is 0 Å². The number of aromatic nitrogens is 3. The topological polar surface area (TPSA) is 160 Å². The van der Waals surface area contributed by atoms with E-state index in [-0.39, 0.29) is 24.8 Å². The van der Waals surface area contributed by atoms with E-state index in [0.29, 0.717) is 40.8 Å². The number of esters is 1. The number of aliphatic hydroxyl groups is 1. The van der Waals surface area contributed by atoms with Gasteiger partial charge in [-0.2, -0.15) is 5.09 Å². The zero-order valence-electron chi connectivity index (χ0n) is 28.0. The molecule has 0 saturated carbocycles. The predicted octanol–water partition coefficient (Wildman–Crippen LogP) is 6.68. The number of fused-ring (bicyclic) bond motifs is 4. The molecule has 2 aromatic heterocycles. The monoisotopic (exact) mass is 677 g/mol. The van der Waals surface area contributed by atoms with Gasteiger partial charge in [0.2, 0.25) is 0 Å². The van der Waals surface area contributed by atoms with Gasteiger partial charge in [-0.05, 0) is 49.2 Å². The molecule has 13 heteroatoms. The first-order chi connectivity index (χ1) is 23.0. The highest BCUT2D eigenvalue weighted by Gasteiger charge is 2.42. The van der Waals surface area contributed by atoms with Crippen LogP contribution in [0.25, 0.3) is 32.7 Å². The SMILES string of the molecule is CCCCOC(=O)[C@H](C)N[P@](=O)(OC[C@@](O)(C(C)C)n1c(COCC)nc2c(N)nc3ccccc3c21)Oc1ccc2ccccc2c1. The molecular weight excluding hydrogens is 633 g/mol. The summed E-state index contributed by atoms with van der Waals surface area (Å²) in [6, 6.07) is 19.3. The second kappa shape index (κ2) is 15.0. The standard InChI is InChI=1S/C35H44N5O7P/c1-6-8-19-45-34(41)24(5)39-48(43,47-27-18-17-25-13-9-10-14-26(25)20-27)46-22-35(42,23(3)4)40-30(21-44-7-2)38-31-32(40)28-15-11-12-16-29(28)37-33(31)36/h9-18,20,23-24,42H,6-8,19,21-22H2,1-5H3,(H2,36,37)(H,39,43)/t24-,35+,48-/m0/s1. The summed E-state index contributed by atoms with van der Waals surface area (Å²) in [7, 11) is -4.37. The van der Waals surface area contributed by atoms with Crippen LogP contribution < -0.4 is 15.3 Å². The molecule has 48 heavy (non-hydrogen) atoms. The Bertz CT molecular complexity index is 1950. The third kappa shape index (κ3) is 7.48. The molecule has 3 aromatic carbocycles. The highest BCUT2D eigenvalue weighted by Crippen LogP contribution is 2.48. The maximum absolute atomic E-state index is 14.6. The van der Waals surface area contributed by atoms with Crippen LogP contribution in [0, 0.1) is 5.92 Å². The van der Waals surface area contributed by atoms with Gasteiger partial charge in [0.1, 0.15) is 36.3 Å². The van der Waals surface area contributed by atoms with Crippen molar-refractivity contribution >= 4 is 52.2 Å². The Morgan fingerprint density at radius 2 is 1.77 bits per heavy atom. The van der Waals surface area contributed by atoms with Crippen molar-refractivity contribution < 1.29 is 33.0 Å². The number of anilines is 1. The number of ether oxygens (including phenoxy) is 2. The number of pyridine rings is 1. The van der Waals surface area contributed by atoms with E-state index in [9.17, 15) is 14.5 Å². The Hall–Kier alpha value is -4.06. The number of carbonyl (C=O) groups is 1. The average molecular weight is 678 g/mol. The molecule has 3 atom stereocenters. The van der Waals surface area contributed by atoms with Gasteiger partial charge in [-0.25, -0.2) is 14.5 Å². The summed E-state index contributed by atoms with van der Waals surface area (Å²) in [5.74, 6) is -0.312. The van der Waals surface area contributed by atoms with Gasteiger partial charge in [-0.1, -0.05) is 75.7 Å². The molecule has 0 amide bonds. The Labute approximate surface area is 280 Å². The number of hydrogen-bond acceptors (Lipinski definition) is 10. The van der Waals surface area contributed by atoms with E-state index < -0.39 is 38.0 Å². The number of nitrogens with two attached hydrogens (primary N) is 1. The summed E-state index contributed by atoms with van der Waals surface area (Å²) in [6.07, 6.45) is 1.54. The summed E-state index contributed by atoms with van der Waals surface area (Å²) in [5.41, 5.74) is 6.06. The van der Waals surface area contributed by atoms with Gasteiger partial charge in [0.15, 0.2) is 11.5 Å². The highest BCUT2D eigenvalue weighted by atomic mass is 31.2. The van der Waals surface area contributed by atoms with Crippen LogP contribution in [0.15, 0.2) is 66.7 Å². The van der Waals surface area contributed by atoms with Crippen molar-refractivity contribution in [2.75, 3.05) is 25.6 Å². The lowest BCUT2D eigenvalue weighted by Gasteiger charge is -2.36. The lowest BCUT2D eigenvalue weighted by Crippen LogP contribution is -2.45. The number of rotatable bonds is 16. The van der Waals surface area contributed by atoms with Crippen LogP contribution in [0.3, 0.4) is 0 Å². The summed E-state index contributed by atoms with van der Waals surface area (Å²) in [6.45, 7) is 9.14. The average Bonchev–Trinajstić information content (AvgIpc) is 3.47. The van der Waals surface area contributed by atoms with E-state index in [4.69, 9.17) is 29.2 Å². The van der Waals surface area contributed by atoms with Gasteiger partial charge in [0.05, 0.1) is 17.6 Å². The Morgan fingerprint density at radius 1 is 1.04 bits per heavy atom. The fourth-order valence-corrected chi connectivity index (χ4v) is 6.92. The van der Waals surface area contributed by atoms with Gasteiger partial charge < -0.3 is 24.8 Å².